The molecule has 0 aliphatic heterocycles. The molecule has 3 rings (SSSR count). The lowest BCUT2D eigenvalue weighted by Gasteiger charge is -2.12. The molecule has 1 aromatic carbocycles. The van der Waals surface area contributed by atoms with Gasteiger partial charge in [-0.05, 0) is 23.6 Å². The topological polar surface area (TPSA) is 23.4 Å². The number of ether oxygens (including phenoxy) is 2. The van der Waals surface area contributed by atoms with Gasteiger partial charge >= 0.3 is 0 Å². The summed E-state index contributed by atoms with van der Waals surface area (Å²) in [6, 6.07) is 14.2. The molecule has 0 atom stereocenters. The molecule has 0 saturated heterocycles. The second-order valence-electron chi connectivity index (χ2n) is 4.31. The quantitative estimate of drug-likeness (QED) is 0.716. The Labute approximate surface area is 122 Å². The van der Waals surface area contributed by atoms with E-state index < -0.39 is 0 Å². The highest BCUT2D eigenvalue weighted by Crippen LogP contribution is 2.31. The summed E-state index contributed by atoms with van der Waals surface area (Å²) in [6.45, 7) is 0. The summed E-state index contributed by atoms with van der Waals surface area (Å²) in [5.74, 6) is 1.57. The van der Waals surface area contributed by atoms with Gasteiger partial charge in [0.1, 0.15) is 11.5 Å². The van der Waals surface area contributed by atoms with Gasteiger partial charge in [0.2, 0.25) is 0 Å². The number of methoxy groups -OCH3 is 2. The van der Waals surface area contributed by atoms with Gasteiger partial charge in [-0.2, -0.15) is 0 Å². The second kappa shape index (κ2) is 5.43. The Bertz CT molecular complexity index is 679. The van der Waals surface area contributed by atoms with Crippen molar-refractivity contribution in [3.8, 4) is 27.8 Å². The predicted molar refractivity (Wildman–Crippen MR) is 82.2 cm³/mol. The summed E-state index contributed by atoms with van der Waals surface area (Å²) in [7, 11) is 3.32. The van der Waals surface area contributed by atoms with Crippen LogP contribution in [0.5, 0.6) is 11.5 Å². The molecule has 0 bridgehead atoms. The van der Waals surface area contributed by atoms with Crippen LogP contribution >= 0.6 is 11.3 Å². The summed E-state index contributed by atoms with van der Waals surface area (Å²) in [5, 5.41) is 2.08. The molecule has 0 amide bonds. The standard InChI is InChI=1S/C16H15NO2S/c1-18-13-9-12(10-14(11-13)19-2)17-7-3-5-15(17)16-6-4-8-20-16/h3-11H,1-2H3. The van der Waals surface area contributed by atoms with E-state index in [-0.39, 0.29) is 0 Å². The maximum Gasteiger partial charge on any atom is 0.124 e. The van der Waals surface area contributed by atoms with Crippen LogP contribution in [0.25, 0.3) is 16.3 Å². The van der Waals surface area contributed by atoms with Crippen molar-refractivity contribution in [1.82, 2.24) is 4.57 Å². The minimum absolute atomic E-state index is 0.783. The van der Waals surface area contributed by atoms with Gasteiger partial charge in [-0.1, -0.05) is 6.07 Å². The molecular weight excluding hydrogens is 270 g/mol. The Balaban J connectivity index is 2.12. The third-order valence-corrected chi connectivity index (χ3v) is 4.03. The van der Waals surface area contributed by atoms with Crippen molar-refractivity contribution >= 4 is 11.3 Å². The number of rotatable bonds is 4. The SMILES string of the molecule is COc1cc(OC)cc(-n2cccc2-c2cccs2)c1. The van der Waals surface area contributed by atoms with Crippen LogP contribution in [0.2, 0.25) is 0 Å². The van der Waals surface area contributed by atoms with Gasteiger partial charge in [0.05, 0.1) is 30.5 Å². The van der Waals surface area contributed by atoms with Crippen molar-refractivity contribution in [3.63, 3.8) is 0 Å². The molecule has 0 N–H and O–H groups in total. The molecule has 2 heterocycles. The van der Waals surface area contributed by atoms with E-state index in [2.05, 4.69) is 28.1 Å². The van der Waals surface area contributed by atoms with Gasteiger partial charge in [-0.25, -0.2) is 0 Å². The number of nitrogens with zero attached hydrogens (tertiary/aromatic N) is 1. The number of hydrogen-bond donors (Lipinski definition) is 0. The molecule has 4 heteroatoms. The van der Waals surface area contributed by atoms with Crippen molar-refractivity contribution in [1.29, 1.82) is 0 Å². The average molecular weight is 285 g/mol. The number of benzene rings is 1. The molecule has 2 aromatic heterocycles. The fourth-order valence-corrected chi connectivity index (χ4v) is 2.91. The predicted octanol–water partition coefficient (Wildman–Crippen LogP) is 4.22. The molecule has 0 spiro atoms. The molecule has 102 valence electrons. The van der Waals surface area contributed by atoms with Crippen LogP contribution in [0.3, 0.4) is 0 Å². The van der Waals surface area contributed by atoms with Crippen molar-refractivity contribution in [3.05, 3.63) is 54.0 Å². The highest BCUT2D eigenvalue weighted by molar-refractivity contribution is 7.13. The van der Waals surface area contributed by atoms with E-state index in [9.17, 15) is 0 Å². The number of thiophene rings is 1. The molecule has 3 aromatic rings. The molecule has 0 aliphatic rings. The van der Waals surface area contributed by atoms with Crippen molar-refractivity contribution in [2.75, 3.05) is 14.2 Å². The monoisotopic (exact) mass is 285 g/mol. The van der Waals surface area contributed by atoms with Gasteiger partial charge in [-0.3, -0.25) is 0 Å². The molecule has 20 heavy (non-hydrogen) atoms. The Morgan fingerprint density at radius 2 is 1.70 bits per heavy atom. The van der Waals surface area contributed by atoms with Crippen LogP contribution in [0, 0.1) is 0 Å². The highest BCUT2D eigenvalue weighted by Gasteiger charge is 2.09. The minimum Gasteiger partial charge on any atom is -0.497 e. The Kier molecular flexibility index (Phi) is 3.48. The molecule has 0 radical (unpaired) electrons. The minimum atomic E-state index is 0.783. The maximum atomic E-state index is 5.34. The van der Waals surface area contributed by atoms with Crippen LogP contribution in [0.1, 0.15) is 0 Å². The molecule has 0 aliphatic carbocycles. The van der Waals surface area contributed by atoms with E-state index in [4.69, 9.17) is 9.47 Å². The Hall–Kier alpha value is -2.20. The van der Waals surface area contributed by atoms with Gasteiger partial charge in [0.25, 0.3) is 0 Å². The zero-order valence-corrected chi connectivity index (χ0v) is 12.2. The lowest BCUT2D eigenvalue weighted by Crippen LogP contribution is -1.96. The first-order valence-corrected chi connectivity index (χ1v) is 7.14. The second-order valence-corrected chi connectivity index (χ2v) is 5.26. The zero-order chi connectivity index (χ0) is 13.9. The molecule has 0 saturated carbocycles. The highest BCUT2D eigenvalue weighted by atomic mass is 32.1. The lowest BCUT2D eigenvalue weighted by atomic mass is 10.2. The number of hydrogen-bond acceptors (Lipinski definition) is 3. The van der Waals surface area contributed by atoms with Gasteiger partial charge < -0.3 is 14.0 Å². The summed E-state index contributed by atoms with van der Waals surface area (Å²) in [4.78, 5) is 1.23. The van der Waals surface area contributed by atoms with Crippen molar-refractivity contribution in [2.45, 2.75) is 0 Å². The zero-order valence-electron chi connectivity index (χ0n) is 11.4. The van der Waals surface area contributed by atoms with Gasteiger partial charge in [0, 0.05) is 24.4 Å². The smallest absolute Gasteiger partial charge is 0.124 e. The molecular formula is C16H15NO2S. The van der Waals surface area contributed by atoms with E-state index >= 15 is 0 Å². The summed E-state index contributed by atoms with van der Waals surface area (Å²) in [5.41, 5.74) is 2.19. The fraction of sp³-hybridized carbons (Fsp3) is 0.125. The van der Waals surface area contributed by atoms with E-state index in [0.29, 0.717) is 0 Å². The normalized spacial score (nSPS) is 10.5. The lowest BCUT2D eigenvalue weighted by molar-refractivity contribution is 0.394. The van der Waals surface area contributed by atoms with Crippen LogP contribution in [-0.2, 0) is 0 Å². The van der Waals surface area contributed by atoms with Crippen LogP contribution in [-0.4, -0.2) is 18.8 Å². The summed E-state index contributed by atoms with van der Waals surface area (Å²) >= 11 is 1.73. The fourth-order valence-electron chi connectivity index (χ4n) is 2.16. The van der Waals surface area contributed by atoms with Gasteiger partial charge in [0.15, 0.2) is 0 Å². The molecule has 3 nitrogen and oxygen atoms in total. The van der Waals surface area contributed by atoms with Crippen LogP contribution in [0.4, 0.5) is 0 Å². The van der Waals surface area contributed by atoms with Crippen molar-refractivity contribution in [2.24, 2.45) is 0 Å². The largest absolute Gasteiger partial charge is 0.497 e. The van der Waals surface area contributed by atoms with Crippen molar-refractivity contribution < 1.29 is 9.47 Å². The van der Waals surface area contributed by atoms with E-state index in [1.165, 1.54) is 4.88 Å². The first-order valence-electron chi connectivity index (χ1n) is 6.26. The summed E-state index contributed by atoms with van der Waals surface area (Å²) in [6.07, 6.45) is 2.04. The number of aromatic nitrogens is 1. The maximum absolute atomic E-state index is 5.34. The Morgan fingerprint density at radius 3 is 2.30 bits per heavy atom. The van der Waals surface area contributed by atoms with Crippen LogP contribution < -0.4 is 9.47 Å². The first kappa shape index (κ1) is 12.8. The summed E-state index contributed by atoms with van der Waals surface area (Å²) < 4.78 is 12.8. The van der Waals surface area contributed by atoms with E-state index in [0.717, 1.165) is 22.9 Å². The van der Waals surface area contributed by atoms with Gasteiger partial charge in [-0.15, -0.1) is 11.3 Å². The van der Waals surface area contributed by atoms with E-state index in [1.807, 2.05) is 30.5 Å². The Morgan fingerprint density at radius 1 is 0.950 bits per heavy atom. The van der Waals surface area contributed by atoms with Crippen LogP contribution in [0.15, 0.2) is 54.0 Å². The van der Waals surface area contributed by atoms with E-state index in [1.54, 1.807) is 25.6 Å². The molecule has 0 unspecified atom stereocenters. The third-order valence-electron chi connectivity index (χ3n) is 3.14. The third kappa shape index (κ3) is 2.30. The molecule has 0 fully saturated rings. The average Bonchev–Trinajstić information content (AvgIpc) is 3.16. The first-order chi connectivity index (χ1) is 9.81.